The summed E-state index contributed by atoms with van der Waals surface area (Å²) in [5, 5.41) is 0. The number of carbonyl (C=O) groups is 1. The van der Waals surface area contributed by atoms with Crippen LogP contribution in [-0.2, 0) is 9.53 Å². The molecule has 0 saturated heterocycles. The van der Waals surface area contributed by atoms with E-state index in [-0.39, 0.29) is 17.5 Å². The third-order valence-corrected chi connectivity index (χ3v) is 2.65. The smallest absolute Gasteiger partial charge is 0.317 e. The number of hydrogen-bond donors (Lipinski definition) is 0. The second-order valence-corrected chi connectivity index (χ2v) is 5.56. The molecule has 0 aliphatic heterocycles. The summed E-state index contributed by atoms with van der Waals surface area (Å²) in [6.45, 7) is 7.94. The summed E-state index contributed by atoms with van der Waals surface area (Å²) in [5.74, 6) is -0.0705. The average molecular weight is 224 g/mol. The maximum absolute atomic E-state index is 11.6. The fourth-order valence-electron chi connectivity index (χ4n) is 1.75. The van der Waals surface area contributed by atoms with Crippen molar-refractivity contribution >= 4 is 5.97 Å². The minimum absolute atomic E-state index is 0.000788. The zero-order valence-corrected chi connectivity index (χ0v) is 11.0. The van der Waals surface area contributed by atoms with E-state index in [1.165, 1.54) is 31.3 Å². The summed E-state index contributed by atoms with van der Waals surface area (Å²) in [4.78, 5) is 11.6. The van der Waals surface area contributed by atoms with Crippen LogP contribution in [-0.4, -0.2) is 11.6 Å². The first-order valence-electron chi connectivity index (χ1n) is 6.37. The van der Waals surface area contributed by atoms with Gasteiger partial charge >= 0.3 is 5.97 Å². The third-order valence-electron chi connectivity index (χ3n) is 2.65. The largest absolute Gasteiger partial charge is 0.459 e. The molecular formula is C14H24O2. The van der Waals surface area contributed by atoms with Crippen molar-refractivity contribution in [1.29, 1.82) is 0 Å². The van der Waals surface area contributed by atoms with Crippen LogP contribution in [0.5, 0.6) is 0 Å². The molecule has 1 rings (SSSR count). The van der Waals surface area contributed by atoms with Crippen molar-refractivity contribution < 1.29 is 9.53 Å². The van der Waals surface area contributed by atoms with Gasteiger partial charge in [0, 0.05) is 0 Å². The second kappa shape index (κ2) is 5.51. The van der Waals surface area contributed by atoms with Gasteiger partial charge in [0.05, 0.1) is 5.92 Å². The molecule has 1 unspecified atom stereocenters. The van der Waals surface area contributed by atoms with Crippen LogP contribution in [0.3, 0.4) is 0 Å². The zero-order valence-electron chi connectivity index (χ0n) is 11.0. The van der Waals surface area contributed by atoms with E-state index >= 15 is 0 Å². The maximum atomic E-state index is 11.6. The predicted octanol–water partition coefficient (Wildman–Crippen LogP) is 3.85. The van der Waals surface area contributed by atoms with Gasteiger partial charge < -0.3 is 4.74 Å². The van der Waals surface area contributed by atoms with Crippen molar-refractivity contribution in [3.63, 3.8) is 0 Å². The molecule has 0 saturated carbocycles. The Hall–Kier alpha value is -0.790. The van der Waals surface area contributed by atoms with Crippen LogP contribution in [0.1, 0.15) is 59.8 Å². The summed E-state index contributed by atoms with van der Waals surface area (Å²) in [6, 6.07) is 0. The first kappa shape index (κ1) is 13.3. The predicted molar refractivity (Wildman–Crippen MR) is 66.2 cm³/mol. The molecule has 0 fully saturated rings. The molecule has 0 N–H and O–H groups in total. The molecule has 2 nitrogen and oxygen atoms in total. The van der Waals surface area contributed by atoms with Gasteiger partial charge in [0.1, 0.15) is 5.60 Å². The molecule has 0 aromatic heterocycles. The van der Waals surface area contributed by atoms with E-state index in [1.807, 2.05) is 26.8 Å². The van der Waals surface area contributed by atoms with Crippen molar-refractivity contribution in [3.05, 3.63) is 11.6 Å². The van der Waals surface area contributed by atoms with Gasteiger partial charge in [-0.1, -0.05) is 37.8 Å². The molecule has 0 heterocycles. The van der Waals surface area contributed by atoms with Crippen LogP contribution in [0, 0.1) is 5.92 Å². The van der Waals surface area contributed by atoms with E-state index in [0.717, 1.165) is 6.42 Å². The lowest BCUT2D eigenvalue weighted by Gasteiger charge is -2.19. The minimum atomic E-state index is -0.360. The van der Waals surface area contributed by atoms with Gasteiger partial charge in [-0.3, -0.25) is 4.79 Å². The van der Waals surface area contributed by atoms with E-state index in [4.69, 9.17) is 4.74 Å². The summed E-state index contributed by atoms with van der Waals surface area (Å²) < 4.78 is 5.33. The molecule has 0 aromatic carbocycles. The lowest BCUT2D eigenvalue weighted by molar-refractivity contribution is -0.155. The Morgan fingerprint density at radius 3 is 2.56 bits per heavy atom. The Balaban J connectivity index is 2.13. The van der Waals surface area contributed by atoms with Gasteiger partial charge in [-0.15, -0.1) is 0 Å². The molecule has 0 spiro atoms. The van der Waals surface area contributed by atoms with Crippen LogP contribution >= 0.6 is 0 Å². The fraction of sp³-hybridized carbons (Fsp3) is 0.786. The number of carbonyl (C=O) groups excluding carboxylic acids is 1. The minimum Gasteiger partial charge on any atom is -0.459 e. The van der Waals surface area contributed by atoms with Crippen molar-refractivity contribution in [1.82, 2.24) is 0 Å². The van der Waals surface area contributed by atoms with Crippen LogP contribution in [0.2, 0.25) is 0 Å². The van der Waals surface area contributed by atoms with Gasteiger partial charge in [0.2, 0.25) is 0 Å². The summed E-state index contributed by atoms with van der Waals surface area (Å²) in [6.07, 6.45) is 8.15. The van der Waals surface area contributed by atoms with E-state index in [9.17, 15) is 4.79 Å². The van der Waals surface area contributed by atoms with Crippen molar-refractivity contribution in [3.8, 4) is 0 Å². The zero-order chi connectivity index (χ0) is 12.2. The lowest BCUT2D eigenvalue weighted by Crippen LogP contribution is -2.25. The molecule has 1 aliphatic carbocycles. The number of unbranched alkanes of at least 4 members (excludes halogenated alkanes) is 3. The summed E-state index contributed by atoms with van der Waals surface area (Å²) >= 11 is 0. The Labute approximate surface area is 99.1 Å². The number of esters is 1. The number of hydrogen-bond acceptors (Lipinski definition) is 2. The van der Waals surface area contributed by atoms with Crippen molar-refractivity contribution in [2.24, 2.45) is 5.92 Å². The van der Waals surface area contributed by atoms with Crippen molar-refractivity contribution in [2.45, 2.75) is 65.4 Å². The fourth-order valence-corrected chi connectivity index (χ4v) is 1.75. The van der Waals surface area contributed by atoms with Crippen LogP contribution in [0.25, 0.3) is 0 Å². The first-order valence-corrected chi connectivity index (χ1v) is 6.37. The molecule has 16 heavy (non-hydrogen) atoms. The van der Waals surface area contributed by atoms with E-state index in [2.05, 4.69) is 6.92 Å². The van der Waals surface area contributed by atoms with Crippen LogP contribution < -0.4 is 0 Å². The molecule has 0 aromatic rings. The van der Waals surface area contributed by atoms with Gasteiger partial charge in [-0.2, -0.15) is 0 Å². The van der Waals surface area contributed by atoms with Gasteiger partial charge in [-0.25, -0.2) is 0 Å². The molecule has 0 radical (unpaired) electrons. The SMILES string of the molecule is CCCCCCC1=CC1C(=O)OC(C)(C)C. The molecule has 0 bridgehead atoms. The number of ether oxygens (including phenoxy) is 1. The van der Waals surface area contributed by atoms with Gasteiger partial charge in [-0.05, 0) is 33.6 Å². The molecular weight excluding hydrogens is 200 g/mol. The highest BCUT2D eigenvalue weighted by Gasteiger charge is 2.34. The van der Waals surface area contributed by atoms with Gasteiger partial charge in [0.15, 0.2) is 0 Å². The Bertz CT molecular complexity index is 271. The molecule has 1 aliphatic rings. The highest BCUT2D eigenvalue weighted by atomic mass is 16.6. The molecule has 2 heteroatoms. The Morgan fingerprint density at radius 2 is 2.00 bits per heavy atom. The molecule has 92 valence electrons. The Morgan fingerprint density at radius 1 is 1.31 bits per heavy atom. The van der Waals surface area contributed by atoms with E-state index in [1.54, 1.807) is 0 Å². The lowest BCUT2D eigenvalue weighted by atomic mass is 10.1. The highest BCUT2D eigenvalue weighted by molar-refractivity contribution is 5.83. The normalized spacial score (nSPS) is 19.2. The van der Waals surface area contributed by atoms with Crippen molar-refractivity contribution in [2.75, 3.05) is 0 Å². The summed E-state index contributed by atoms with van der Waals surface area (Å²) in [7, 11) is 0. The van der Waals surface area contributed by atoms with E-state index in [0.29, 0.717) is 0 Å². The second-order valence-electron chi connectivity index (χ2n) is 5.56. The quantitative estimate of drug-likeness (QED) is 0.389. The standard InChI is InChI=1S/C14H24O2/c1-5-6-7-8-9-11-10-12(11)13(15)16-14(2,3)4/h10,12H,5-9H2,1-4H3. The third kappa shape index (κ3) is 4.82. The number of rotatable bonds is 6. The van der Waals surface area contributed by atoms with Crippen LogP contribution in [0.15, 0.2) is 11.6 Å². The topological polar surface area (TPSA) is 26.3 Å². The van der Waals surface area contributed by atoms with Gasteiger partial charge in [0.25, 0.3) is 0 Å². The maximum Gasteiger partial charge on any atom is 0.317 e. The Kier molecular flexibility index (Phi) is 4.57. The van der Waals surface area contributed by atoms with E-state index < -0.39 is 0 Å². The summed E-state index contributed by atoms with van der Waals surface area (Å²) in [5.41, 5.74) is 0.922. The molecule has 1 atom stereocenters. The van der Waals surface area contributed by atoms with Crippen LogP contribution in [0.4, 0.5) is 0 Å². The monoisotopic (exact) mass is 224 g/mol. The first-order chi connectivity index (χ1) is 7.44. The highest BCUT2D eigenvalue weighted by Crippen LogP contribution is 2.35. The average Bonchev–Trinajstić information content (AvgIpc) is 2.89. The molecule has 0 amide bonds.